The van der Waals surface area contributed by atoms with Crippen molar-refractivity contribution >= 4 is 28.0 Å². The molecule has 21 heavy (non-hydrogen) atoms. The van der Waals surface area contributed by atoms with Crippen LogP contribution in [0.2, 0.25) is 0 Å². The van der Waals surface area contributed by atoms with Crippen molar-refractivity contribution < 1.29 is 9.53 Å². The number of anilines is 2. The van der Waals surface area contributed by atoms with Gasteiger partial charge >= 0.3 is 5.97 Å². The summed E-state index contributed by atoms with van der Waals surface area (Å²) in [5, 5.41) is 4.54. The van der Waals surface area contributed by atoms with Crippen molar-refractivity contribution in [3.8, 4) is 0 Å². The highest BCUT2D eigenvalue weighted by Crippen LogP contribution is 2.50. The summed E-state index contributed by atoms with van der Waals surface area (Å²) >= 11 is 1.40. The minimum atomic E-state index is -0.319. The molecule has 116 valence electrons. The van der Waals surface area contributed by atoms with Crippen molar-refractivity contribution in [1.82, 2.24) is 0 Å². The summed E-state index contributed by atoms with van der Waals surface area (Å²) in [5.74, 6) is 2.28. The van der Waals surface area contributed by atoms with Crippen LogP contribution in [0, 0.1) is 17.8 Å². The van der Waals surface area contributed by atoms with E-state index < -0.39 is 0 Å². The summed E-state index contributed by atoms with van der Waals surface area (Å²) in [4.78, 5) is 12.3. The second kappa shape index (κ2) is 5.87. The van der Waals surface area contributed by atoms with Crippen LogP contribution in [0.25, 0.3) is 0 Å². The molecule has 4 atom stereocenters. The SMILES string of the molecule is CCOC(=O)c1sc(NC(C)C2CC3CCC2C3)cc1N. The highest BCUT2D eigenvalue weighted by Gasteiger charge is 2.41. The fraction of sp³-hybridized carbons (Fsp3) is 0.688. The molecule has 3 N–H and O–H groups in total. The van der Waals surface area contributed by atoms with E-state index in [1.807, 2.05) is 6.07 Å². The third-order valence-corrected chi connectivity index (χ3v) is 6.09. The number of hydrogen-bond donors (Lipinski definition) is 2. The molecular formula is C16H24N2O2S. The second-order valence-electron chi connectivity index (χ2n) is 6.39. The van der Waals surface area contributed by atoms with E-state index in [9.17, 15) is 4.79 Å². The Balaban J connectivity index is 1.65. The van der Waals surface area contributed by atoms with Crippen LogP contribution in [0.3, 0.4) is 0 Å². The molecule has 1 aromatic rings. The molecule has 0 radical (unpaired) electrons. The predicted molar refractivity (Wildman–Crippen MR) is 86.7 cm³/mol. The van der Waals surface area contributed by atoms with Crippen LogP contribution in [-0.4, -0.2) is 18.6 Å². The summed E-state index contributed by atoms with van der Waals surface area (Å²) < 4.78 is 5.03. The van der Waals surface area contributed by atoms with Gasteiger partial charge < -0.3 is 15.8 Å². The molecule has 4 unspecified atom stereocenters. The third kappa shape index (κ3) is 2.89. The van der Waals surface area contributed by atoms with E-state index in [1.165, 1.54) is 37.0 Å². The largest absolute Gasteiger partial charge is 0.462 e. The molecule has 4 nitrogen and oxygen atoms in total. The van der Waals surface area contributed by atoms with Gasteiger partial charge in [-0.25, -0.2) is 4.79 Å². The maximum Gasteiger partial charge on any atom is 0.350 e. The molecule has 5 heteroatoms. The van der Waals surface area contributed by atoms with Crippen LogP contribution in [0.15, 0.2) is 6.07 Å². The molecule has 0 aromatic carbocycles. The van der Waals surface area contributed by atoms with Gasteiger partial charge in [0.25, 0.3) is 0 Å². The maximum absolute atomic E-state index is 11.8. The molecule has 3 rings (SSSR count). The van der Waals surface area contributed by atoms with E-state index in [1.54, 1.807) is 6.92 Å². The first-order valence-electron chi connectivity index (χ1n) is 7.91. The first-order chi connectivity index (χ1) is 10.1. The lowest BCUT2D eigenvalue weighted by atomic mass is 9.84. The monoisotopic (exact) mass is 308 g/mol. The quantitative estimate of drug-likeness (QED) is 0.813. The predicted octanol–water partition coefficient (Wildman–Crippen LogP) is 3.74. The number of nitrogen functional groups attached to an aromatic ring is 1. The van der Waals surface area contributed by atoms with Crippen LogP contribution in [0.5, 0.6) is 0 Å². The van der Waals surface area contributed by atoms with Crippen molar-refractivity contribution in [2.24, 2.45) is 17.8 Å². The number of nitrogens with one attached hydrogen (secondary N) is 1. The third-order valence-electron chi connectivity index (χ3n) is 5.03. The number of carbonyl (C=O) groups excluding carboxylic acids is 1. The topological polar surface area (TPSA) is 64.3 Å². The van der Waals surface area contributed by atoms with Crippen molar-refractivity contribution in [3.63, 3.8) is 0 Å². The second-order valence-corrected chi connectivity index (χ2v) is 7.44. The number of ether oxygens (including phenoxy) is 1. The zero-order valence-corrected chi connectivity index (χ0v) is 13.5. The number of hydrogen-bond acceptors (Lipinski definition) is 5. The summed E-state index contributed by atoms with van der Waals surface area (Å²) in [6.07, 6.45) is 5.58. The number of nitrogens with two attached hydrogens (primary N) is 1. The summed E-state index contributed by atoms with van der Waals surface area (Å²) in [6.45, 7) is 4.43. The zero-order chi connectivity index (χ0) is 15.0. The smallest absolute Gasteiger partial charge is 0.350 e. The van der Waals surface area contributed by atoms with Gasteiger partial charge in [0.05, 0.1) is 17.3 Å². The van der Waals surface area contributed by atoms with Gasteiger partial charge in [-0.15, -0.1) is 11.3 Å². The van der Waals surface area contributed by atoms with Crippen molar-refractivity contribution in [2.75, 3.05) is 17.7 Å². The standard InChI is InChI=1S/C16H24N2O2S/c1-3-20-16(19)15-13(17)8-14(21-15)18-9(2)12-7-10-4-5-11(12)6-10/h8-12,18H,3-7,17H2,1-2H3. The Bertz CT molecular complexity index is 528. The lowest BCUT2D eigenvalue weighted by Gasteiger charge is -2.28. The van der Waals surface area contributed by atoms with Gasteiger partial charge in [-0.3, -0.25) is 0 Å². The molecule has 2 saturated carbocycles. The number of thiophene rings is 1. The van der Waals surface area contributed by atoms with Gasteiger partial charge in [0.15, 0.2) is 0 Å². The average molecular weight is 308 g/mol. The fourth-order valence-corrected chi connectivity index (χ4v) is 5.04. The molecule has 0 amide bonds. The van der Waals surface area contributed by atoms with Crippen LogP contribution in [-0.2, 0) is 4.74 Å². The van der Waals surface area contributed by atoms with Crippen molar-refractivity contribution in [2.45, 2.75) is 45.6 Å². The van der Waals surface area contributed by atoms with Gasteiger partial charge in [-0.05, 0) is 56.9 Å². The average Bonchev–Trinajstić information content (AvgIpc) is 3.14. The van der Waals surface area contributed by atoms with E-state index >= 15 is 0 Å². The van der Waals surface area contributed by atoms with Crippen LogP contribution in [0.1, 0.15) is 49.2 Å². The first-order valence-corrected chi connectivity index (χ1v) is 8.73. The van der Waals surface area contributed by atoms with Gasteiger partial charge in [-0.2, -0.15) is 0 Å². The van der Waals surface area contributed by atoms with Gasteiger partial charge in [0, 0.05) is 6.04 Å². The fourth-order valence-electron chi connectivity index (χ4n) is 4.07. The van der Waals surface area contributed by atoms with Crippen LogP contribution < -0.4 is 11.1 Å². The summed E-state index contributed by atoms with van der Waals surface area (Å²) in [7, 11) is 0. The van der Waals surface area contributed by atoms with E-state index in [0.29, 0.717) is 23.2 Å². The molecule has 2 aliphatic carbocycles. The van der Waals surface area contributed by atoms with Crippen LogP contribution in [0.4, 0.5) is 10.7 Å². The highest BCUT2D eigenvalue weighted by atomic mass is 32.1. The number of rotatable bonds is 5. The Kier molecular flexibility index (Phi) is 4.11. The summed E-state index contributed by atoms with van der Waals surface area (Å²) in [5.41, 5.74) is 6.45. The van der Waals surface area contributed by atoms with Crippen LogP contribution >= 0.6 is 11.3 Å². The lowest BCUT2D eigenvalue weighted by Crippen LogP contribution is -2.29. The van der Waals surface area contributed by atoms with E-state index in [-0.39, 0.29) is 5.97 Å². The number of fused-ring (bicyclic) bond motifs is 2. The number of carbonyl (C=O) groups is 1. The lowest BCUT2D eigenvalue weighted by molar-refractivity contribution is 0.0533. The van der Waals surface area contributed by atoms with E-state index in [2.05, 4.69) is 12.2 Å². The molecule has 1 aromatic heterocycles. The number of esters is 1. The highest BCUT2D eigenvalue weighted by molar-refractivity contribution is 7.18. The molecule has 0 spiro atoms. The Morgan fingerprint density at radius 1 is 1.52 bits per heavy atom. The van der Waals surface area contributed by atoms with E-state index in [4.69, 9.17) is 10.5 Å². The van der Waals surface area contributed by atoms with Gasteiger partial charge in [0.2, 0.25) is 0 Å². The molecule has 2 aliphatic rings. The Morgan fingerprint density at radius 2 is 2.33 bits per heavy atom. The Labute approximate surface area is 130 Å². The first kappa shape index (κ1) is 14.7. The van der Waals surface area contributed by atoms with E-state index in [0.717, 1.165) is 22.8 Å². The normalized spacial score (nSPS) is 28.6. The zero-order valence-electron chi connectivity index (χ0n) is 12.7. The van der Waals surface area contributed by atoms with Crippen molar-refractivity contribution in [1.29, 1.82) is 0 Å². The molecule has 0 aliphatic heterocycles. The van der Waals surface area contributed by atoms with Crippen molar-refractivity contribution in [3.05, 3.63) is 10.9 Å². The molecule has 2 fully saturated rings. The molecule has 1 heterocycles. The minimum Gasteiger partial charge on any atom is -0.462 e. The minimum absolute atomic E-state index is 0.319. The Morgan fingerprint density at radius 3 is 2.95 bits per heavy atom. The molecule has 2 bridgehead atoms. The van der Waals surface area contributed by atoms with Gasteiger partial charge in [-0.1, -0.05) is 6.42 Å². The summed E-state index contributed by atoms with van der Waals surface area (Å²) in [6, 6.07) is 2.30. The Hall–Kier alpha value is -1.23. The maximum atomic E-state index is 11.8. The molecular weight excluding hydrogens is 284 g/mol. The molecule has 0 saturated heterocycles. The van der Waals surface area contributed by atoms with Gasteiger partial charge in [0.1, 0.15) is 4.88 Å².